The average molecular weight is 196 g/mol. The maximum atomic E-state index is 9.75. The summed E-state index contributed by atoms with van der Waals surface area (Å²) in [5, 5.41) is 9.75. The van der Waals surface area contributed by atoms with E-state index in [1.54, 1.807) is 0 Å². The van der Waals surface area contributed by atoms with Gasteiger partial charge >= 0.3 is 0 Å². The molecule has 14 heavy (non-hydrogen) atoms. The molecule has 2 saturated carbocycles. The fourth-order valence-corrected chi connectivity index (χ4v) is 3.55. The molecule has 0 bridgehead atoms. The van der Waals surface area contributed by atoms with Gasteiger partial charge in [-0.25, -0.2) is 0 Å². The van der Waals surface area contributed by atoms with Crippen LogP contribution in [0.5, 0.6) is 0 Å². The van der Waals surface area contributed by atoms with Crippen molar-refractivity contribution in [3.05, 3.63) is 0 Å². The Hall–Kier alpha value is -0.0400. The second-order valence-electron chi connectivity index (χ2n) is 5.69. The van der Waals surface area contributed by atoms with Crippen molar-refractivity contribution >= 4 is 0 Å². The van der Waals surface area contributed by atoms with Gasteiger partial charge in [0.15, 0.2) is 0 Å². The molecule has 1 N–H and O–H groups in total. The van der Waals surface area contributed by atoms with Crippen LogP contribution in [0.25, 0.3) is 0 Å². The fraction of sp³-hybridized carbons (Fsp3) is 1.00. The van der Waals surface area contributed by atoms with Crippen LogP contribution in [0, 0.1) is 23.7 Å². The highest BCUT2D eigenvalue weighted by molar-refractivity contribution is 4.87. The monoisotopic (exact) mass is 196 g/mol. The summed E-state index contributed by atoms with van der Waals surface area (Å²) < 4.78 is 0. The second kappa shape index (κ2) is 4.22. The van der Waals surface area contributed by atoms with Crippen LogP contribution in [0.2, 0.25) is 0 Å². The molecule has 0 aromatic carbocycles. The Morgan fingerprint density at radius 3 is 2.00 bits per heavy atom. The molecule has 1 heteroatoms. The highest BCUT2D eigenvalue weighted by Gasteiger charge is 2.37. The largest absolute Gasteiger partial charge is 0.393 e. The Labute approximate surface area is 87.9 Å². The normalized spacial score (nSPS) is 49.5. The molecule has 0 radical (unpaired) electrons. The maximum absolute atomic E-state index is 9.75. The van der Waals surface area contributed by atoms with Crippen LogP contribution < -0.4 is 0 Å². The zero-order chi connectivity index (χ0) is 10.1. The summed E-state index contributed by atoms with van der Waals surface area (Å²) in [5.74, 6) is 3.28. The summed E-state index contributed by atoms with van der Waals surface area (Å²) in [4.78, 5) is 0. The fourth-order valence-electron chi connectivity index (χ4n) is 3.55. The van der Waals surface area contributed by atoms with Crippen molar-refractivity contribution in [2.75, 3.05) is 0 Å². The molecular formula is C13H24O. The number of aliphatic hydroxyl groups is 1. The molecular weight excluding hydrogens is 172 g/mol. The van der Waals surface area contributed by atoms with Crippen LogP contribution in [0.4, 0.5) is 0 Å². The molecule has 0 aromatic rings. The first-order valence-corrected chi connectivity index (χ1v) is 6.36. The van der Waals surface area contributed by atoms with Crippen LogP contribution in [0.3, 0.4) is 0 Å². The quantitative estimate of drug-likeness (QED) is 0.682. The van der Waals surface area contributed by atoms with E-state index in [0.29, 0.717) is 5.92 Å². The van der Waals surface area contributed by atoms with Gasteiger partial charge in [-0.05, 0) is 49.4 Å². The van der Waals surface area contributed by atoms with E-state index in [1.807, 2.05) is 0 Å². The Morgan fingerprint density at radius 1 is 0.857 bits per heavy atom. The lowest BCUT2D eigenvalue weighted by Gasteiger charge is -2.33. The summed E-state index contributed by atoms with van der Waals surface area (Å²) in [6.07, 6.45) is 8.01. The number of hydrogen-bond acceptors (Lipinski definition) is 1. The van der Waals surface area contributed by atoms with Crippen molar-refractivity contribution in [1.82, 2.24) is 0 Å². The van der Waals surface area contributed by atoms with Crippen LogP contribution in [0.1, 0.15) is 52.4 Å². The lowest BCUT2D eigenvalue weighted by atomic mass is 9.73. The molecule has 2 aliphatic carbocycles. The Morgan fingerprint density at radius 2 is 1.50 bits per heavy atom. The lowest BCUT2D eigenvalue weighted by Crippen LogP contribution is -2.25. The highest BCUT2D eigenvalue weighted by Crippen LogP contribution is 2.43. The number of hydrogen-bond donors (Lipinski definition) is 1. The van der Waals surface area contributed by atoms with Crippen LogP contribution in [-0.2, 0) is 0 Å². The van der Waals surface area contributed by atoms with E-state index < -0.39 is 0 Å². The molecule has 0 saturated heterocycles. The minimum absolute atomic E-state index is 0.000602. The summed E-state index contributed by atoms with van der Waals surface area (Å²) >= 11 is 0. The lowest BCUT2D eigenvalue weighted by molar-refractivity contribution is 0.100. The van der Waals surface area contributed by atoms with E-state index in [-0.39, 0.29) is 6.10 Å². The maximum Gasteiger partial charge on any atom is 0.0568 e. The van der Waals surface area contributed by atoms with E-state index in [9.17, 15) is 5.11 Å². The molecule has 0 spiro atoms. The average Bonchev–Trinajstić information content (AvgIpc) is 2.50. The van der Waals surface area contributed by atoms with Crippen LogP contribution in [-0.4, -0.2) is 11.2 Å². The zero-order valence-electron chi connectivity index (χ0n) is 9.58. The summed E-state index contributed by atoms with van der Waals surface area (Å²) in [7, 11) is 0. The van der Waals surface area contributed by atoms with Gasteiger partial charge in [-0.2, -0.15) is 0 Å². The van der Waals surface area contributed by atoms with Crippen LogP contribution in [0.15, 0.2) is 0 Å². The first kappa shape index (κ1) is 10.5. The molecule has 2 fully saturated rings. The Bertz CT molecular complexity index is 182. The molecule has 0 heterocycles. The first-order chi connectivity index (χ1) is 6.68. The van der Waals surface area contributed by atoms with Gasteiger partial charge in [0.1, 0.15) is 0 Å². The third-order valence-corrected chi connectivity index (χ3v) is 4.74. The SMILES string of the molecule is CC1CCC(C2CCC(O)C2C)CC1. The minimum Gasteiger partial charge on any atom is -0.393 e. The first-order valence-electron chi connectivity index (χ1n) is 6.36. The molecule has 3 atom stereocenters. The summed E-state index contributed by atoms with van der Waals surface area (Å²) in [5.41, 5.74) is 0. The summed E-state index contributed by atoms with van der Waals surface area (Å²) in [6.45, 7) is 4.63. The molecule has 82 valence electrons. The van der Waals surface area contributed by atoms with Crippen molar-refractivity contribution in [2.24, 2.45) is 23.7 Å². The predicted molar refractivity (Wildman–Crippen MR) is 59.0 cm³/mol. The molecule has 0 aliphatic heterocycles. The van der Waals surface area contributed by atoms with Gasteiger partial charge in [-0.1, -0.05) is 26.7 Å². The van der Waals surface area contributed by atoms with Gasteiger partial charge < -0.3 is 5.11 Å². The van der Waals surface area contributed by atoms with E-state index in [1.165, 1.54) is 32.1 Å². The smallest absolute Gasteiger partial charge is 0.0568 e. The van der Waals surface area contributed by atoms with Gasteiger partial charge in [0.05, 0.1) is 6.10 Å². The van der Waals surface area contributed by atoms with E-state index in [0.717, 1.165) is 24.2 Å². The van der Waals surface area contributed by atoms with E-state index in [2.05, 4.69) is 13.8 Å². The topological polar surface area (TPSA) is 20.2 Å². The van der Waals surface area contributed by atoms with E-state index in [4.69, 9.17) is 0 Å². The van der Waals surface area contributed by atoms with Crippen molar-refractivity contribution in [3.8, 4) is 0 Å². The van der Waals surface area contributed by atoms with Crippen molar-refractivity contribution < 1.29 is 5.11 Å². The molecule has 2 rings (SSSR count). The van der Waals surface area contributed by atoms with Gasteiger partial charge in [-0.15, -0.1) is 0 Å². The molecule has 0 aromatic heterocycles. The third kappa shape index (κ3) is 1.98. The standard InChI is InChI=1S/C13H24O/c1-9-3-5-11(6-4-9)12-7-8-13(14)10(12)2/h9-14H,3-8H2,1-2H3. The van der Waals surface area contributed by atoms with Crippen LogP contribution >= 0.6 is 0 Å². The van der Waals surface area contributed by atoms with Crippen molar-refractivity contribution in [2.45, 2.75) is 58.5 Å². The molecule has 3 unspecified atom stereocenters. The van der Waals surface area contributed by atoms with Gasteiger partial charge in [0.2, 0.25) is 0 Å². The minimum atomic E-state index is -0.000602. The van der Waals surface area contributed by atoms with Crippen molar-refractivity contribution in [1.29, 1.82) is 0 Å². The molecule has 0 amide bonds. The zero-order valence-corrected chi connectivity index (χ0v) is 9.58. The Balaban J connectivity index is 1.89. The summed E-state index contributed by atoms with van der Waals surface area (Å²) in [6, 6.07) is 0. The second-order valence-corrected chi connectivity index (χ2v) is 5.69. The van der Waals surface area contributed by atoms with E-state index >= 15 is 0 Å². The van der Waals surface area contributed by atoms with Crippen molar-refractivity contribution in [3.63, 3.8) is 0 Å². The van der Waals surface area contributed by atoms with Gasteiger partial charge in [0, 0.05) is 0 Å². The highest BCUT2D eigenvalue weighted by atomic mass is 16.3. The van der Waals surface area contributed by atoms with Gasteiger partial charge in [-0.3, -0.25) is 0 Å². The number of rotatable bonds is 1. The molecule has 2 aliphatic rings. The number of aliphatic hydroxyl groups excluding tert-OH is 1. The van der Waals surface area contributed by atoms with Gasteiger partial charge in [0.25, 0.3) is 0 Å². The Kier molecular flexibility index (Phi) is 3.16. The third-order valence-electron chi connectivity index (χ3n) is 4.74. The molecule has 1 nitrogen and oxygen atoms in total. The predicted octanol–water partition coefficient (Wildman–Crippen LogP) is 3.22.